The van der Waals surface area contributed by atoms with E-state index < -0.39 is 23.6 Å². The molecule has 0 aromatic heterocycles. The van der Waals surface area contributed by atoms with Crippen LogP contribution in [0.15, 0.2) is 42.5 Å². The van der Waals surface area contributed by atoms with Crippen LogP contribution < -0.4 is 10.2 Å². The van der Waals surface area contributed by atoms with E-state index in [0.29, 0.717) is 56.0 Å². The molecule has 2 heterocycles. The van der Waals surface area contributed by atoms with Gasteiger partial charge < -0.3 is 15.1 Å². The number of hydrogen-bond acceptors (Lipinski definition) is 4. The van der Waals surface area contributed by atoms with Crippen LogP contribution in [0.1, 0.15) is 51.1 Å². The van der Waals surface area contributed by atoms with Crippen LogP contribution in [0.5, 0.6) is 0 Å². The molecule has 1 atom stereocenters. The number of alkyl halides is 2. The molecule has 2 aromatic carbocycles. The van der Waals surface area contributed by atoms with Gasteiger partial charge in [0.25, 0.3) is 5.92 Å². The summed E-state index contributed by atoms with van der Waals surface area (Å²) in [5, 5.41) is 2.79. The predicted molar refractivity (Wildman–Crippen MR) is 143 cm³/mol. The number of halogens is 4. The second-order valence-corrected chi connectivity index (χ2v) is 10.3. The molecule has 0 bridgehead atoms. The Morgan fingerprint density at radius 2 is 1.51 bits per heavy atom. The van der Waals surface area contributed by atoms with Crippen molar-refractivity contribution in [2.24, 2.45) is 5.92 Å². The highest BCUT2D eigenvalue weighted by Crippen LogP contribution is 2.32. The molecule has 10 heteroatoms. The van der Waals surface area contributed by atoms with Gasteiger partial charge in [0.05, 0.1) is 5.69 Å². The number of rotatable bonds is 8. The van der Waals surface area contributed by atoms with Gasteiger partial charge >= 0.3 is 0 Å². The Bertz CT molecular complexity index is 1140. The van der Waals surface area contributed by atoms with Crippen LogP contribution >= 0.6 is 0 Å². The van der Waals surface area contributed by atoms with Crippen molar-refractivity contribution in [3.63, 3.8) is 0 Å². The van der Waals surface area contributed by atoms with Crippen LogP contribution in [0, 0.1) is 17.6 Å². The summed E-state index contributed by atoms with van der Waals surface area (Å²) in [7, 11) is 0. The van der Waals surface area contributed by atoms with E-state index in [0.717, 1.165) is 0 Å². The van der Waals surface area contributed by atoms with Gasteiger partial charge in [-0.2, -0.15) is 0 Å². The van der Waals surface area contributed by atoms with Crippen molar-refractivity contribution in [2.75, 3.05) is 49.5 Å². The highest BCUT2D eigenvalue weighted by Gasteiger charge is 2.39. The minimum Gasteiger partial charge on any atom is -0.367 e. The number of benzene rings is 2. The molecule has 2 saturated heterocycles. The second kappa shape index (κ2) is 12.4. The summed E-state index contributed by atoms with van der Waals surface area (Å²) in [4.78, 5) is 31.2. The lowest BCUT2D eigenvalue weighted by atomic mass is 10.00. The maximum Gasteiger partial charge on any atom is 0.251 e. The normalized spacial score (nSPS) is 18.7. The average molecular weight is 549 g/mol. The Balaban J connectivity index is 1.45. The molecular weight excluding hydrogens is 512 g/mol. The fourth-order valence-electron chi connectivity index (χ4n) is 5.35. The number of anilines is 2. The van der Waals surface area contributed by atoms with Gasteiger partial charge in [0.2, 0.25) is 11.8 Å². The van der Waals surface area contributed by atoms with Crippen LogP contribution in [-0.4, -0.2) is 66.8 Å². The summed E-state index contributed by atoms with van der Waals surface area (Å²) in [5.41, 5.74) is 1.40. The first-order valence-electron chi connectivity index (χ1n) is 13.6. The van der Waals surface area contributed by atoms with Crippen LogP contribution in [0.25, 0.3) is 0 Å². The third kappa shape index (κ3) is 6.90. The summed E-state index contributed by atoms with van der Waals surface area (Å²) in [6, 6.07) is 9.58. The van der Waals surface area contributed by atoms with Gasteiger partial charge in [0.1, 0.15) is 17.7 Å². The lowest BCUT2D eigenvalue weighted by Crippen LogP contribution is -2.53. The molecule has 2 amide bonds. The molecule has 0 aliphatic carbocycles. The Morgan fingerprint density at radius 1 is 0.897 bits per heavy atom. The summed E-state index contributed by atoms with van der Waals surface area (Å²) in [6.07, 6.45) is 0.656. The first-order chi connectivity index (χ1) is 18.6. The minimum absolute atomic E-state index is 0.0329. The Hall–Kier alpha value is -3.14. The largest absolute Gasteiger partial charge is 0.367 e. The first-order valence-corrected chi connectivity index (χ1v) is 13.6. The fraction of sp³-hybridized carbons (Fsp3) is 0.517. The second-order valence-electron chi connectivity index (χ2n) is 10.3. The zero-order chi connectivity index (χ0) is 28.2. The fourth-order valence-corrected chi connectivity index (χ4v) is 5.35. The van der Waals surface area contributed by atoms with E-state index in [4.69, 9.17) is 0 Å². The van der Waals surface area contributed by atoms with Gasteiger partial charge in [-0.05, 0) is 48.7 Å². The number of hydrogen-bond donors (Lipinski definition) is 1. The summed E-state index contributed by atoms with van der Waals surface area (Å²) in [5.74, 6) is -4.19. The van der Waals surface area contributed by atoms with Crippen molar-refractivity contribution < 1.29 is 27.2 Å². The molecule has 1 unspecified atom stereocenters. The highest BCUT2D eigenvalue weighted by atomic mass is 19.3. The van der Waals surface area contributed by atoms with E-state index >= 15 is 4.39 Å². The maximum atomic E-state index is 15.1. The third-order valence-corrected chi connectivity index (χ3v) is 7.82. The number of nitrogens with zero attached hydrogens (tertiary/aromatic N) is 3. The first kappa shape index (κ1) is 28.9. The van der Waals surface area contributed by atoms with Crippen molar-refractivity contribution in [3.8, 4) is 0 Å². The monoisotopic (exact) mass is 548 g/mol. The Labute approximate surface area is 226 Å². The van der Waals surface area contributed by atoms with Crippen LogP contribution in [0.4, 0.5) is 28.9 Å². The molecule has 2 aliphatic heterocycles. The molecule has 1 N–H and O–H groups in total. The molecule has 212 valence electrons. The quantitative estimate of drug-likeness (QED) is 0.445. The number of piperazine rings is 1. The standard InChI is InChI=1S/C29H36F4N4O2/c1-3-20(4-2)27(38)34-23-9-10-25(24(31)19-23)35-15-17-36(18-16-35)26(21-5-7-22(30)8-6-21)28(39)37-13-11-29(32,33)12-14-37/h5-10,19-20,26H,3-4,11-18H2,1-2H3,(H,34,38). The number of nitrogens with one attached hydrogen (secondary N) is 1. The van der Waals surface area contributed by atoms with Gasteiger partial charge in [-0.25, -0.2) is 17.6 Å². The molecule has 0 spiro atoms. The molecule has 2 aliphatic rings. The van der Waals surface area contributed by atoms with E-state index in [1.807, 2.05) is 23.6 Å². The van der Waals surface area contributed by atoms with Gasteiger partial charge in [-0.3, -0.25) is 14.5 Å². The molecule has 4 rings (SSSR count). The maximum absolute atomic E-state index is 15.1. The van der Waals surface area contributed by atoms with E-state index in [9.17, 15) is 22.8 Å². The van der Waals surface area contributed by atoms with E-state index in [1.165, 1.54) is 23.1 Å². The number of piperidine rings is 1. The molecule has 6 nitrogen and oxygen atoms in total. The summed E-state index contributed by atoms with van der Waals surface area (Å²) in [6.45, 7) is 5.52. The van der Waals surface area contributed by atoms with E-state index in [1.54, 1.807) is 24.3 Å². The third-order valence-electron chi connectivity index (χ3n) is 7.82. The topological polar surface area (TPSA) is 55.9 Å². The zero-order valence-electron chi connectivity index (χ0n) is 22.4. The van der Waals surface area contributed by atoms with Crippen LogP contribution in [-0.2, 0) is 9.59 Å². The van der Waals surface area contributed by atoms with Gasteiger partial charge in [0, 0.05) is 63.7 Å². The molecule has 2 fully saturated rings. The zero-order valence-corrected chi connectivity index (χ0v) is 22.4. The number of likely N-dealkylation sites (tertiary alicyclic amines) is 1. The number of amides is 2. The Kier molecular flexibility index (Phi) is 9.15. The van der Waals surface area contributed by atoms with E-state index in [2.05, 4.69) is 5.32 Å². The molecule has 0 saturated carbocycles. The number of carbonyl (C=O) groups is 2. The SMILES string of the molecule is CCC(CC)C(=O)Nc1ccc(N2CCN(C(C(=O)N3CCC(F)(F)CC3)c3ccc(F)cc3)CC2)c(F)c1. The smallest absolute Gasteiger partial charge is 0.251 e. The minimum atomic E-state index is -2.77. The van der Waals surface area contributed by atoms with Gasteiger partial charge in [-0.1, -0.05) is 26.0 Å². The van der Waals surface area contributed by atoms with Gasteiger partial charge in [-0.15, -0.1) is 0 Å². The average Bonchev–Trinajstić information content (AvgIpc) is 2.91. The number of carbonyl (C=O) groups excluding carboxylic acids is 2. The lowest BCUT2D eigenvalue weighted by molar-refractivity contribution is -0.143. The lowest BCUT2D eigenvalue weighted by Gasteiger charge is -2.42. The van der Waals surface area contributed by atoms with Crippen molar-refractivity contribution >= 4 is 23.2 Å². The van der Waals surface area contributed by atoms with Crippen LogP contribution in [0.2, 0.25) is 0 Å². The van der Waals surface area contributed by atoms with Gasteiger partial charge in [0.15, 0.2) is 0 Å². The summed E-state index contributed by atoms with van der Waals surface area (Å²) >= 11 is 0. The van der Waals surface area contributed by atoms with Crippen molar-refractivity contribution in [3.05, 3.63) is 59.7 Å². The molecular formula is C29H36F4N4O2. The molecule has 39 heavy (non-hydrogen) atoms. The Morgan fingerprint density at radius 3 is 2.08 bits per heavy atom. The highest BCUT2D eigenvalue weighted by molar-refractivity contribution is 5.92. The van der Waals surface area contributed by atoms with Crippen molar-refractivity contribution in [1.82, 2.24) is 9.80 Å². The van der Waals surface area contributed by atoms with Crippen molar-refractivity contribution in [1.29, 1.82) is 0 Å². The van der Waals surface area contributed by atoms with Crippen molar-refractivity contribution in [2.45, 2.75) is 51.5 Å². The molecule has 0 radical (unpaired) electrons. The van der Waals surface area contributed by atoms with E-state index in [-0.39, 0.29) is 43.7 Å². The predicted octanol–water partition coefficient (Wildman–Crippen LogP) is 5.46. The summed E-state index contributed by atoms with van der Waals surface area (Å²) < 4.78 is 56.1. The molecule has 2 aromatic rings. The van der Waals surface area contributed by atoms with Crippen LogP contribution in [0.3, 0.4) is 0 Å².